The fourth-order valence-electron chi connectivity index (χ4n) is 2.80. The summed E-state index contributed by atoms with van der Waals surface area (Å²) in [6.45, 7) is 3.17. The summed E-state index contributed by atoms with van der Waals surface area (Å²) in [7, 11) is 0. The van der Waals surface area contributed by atoms with Gasteiger partial charge in [0.1, 0.15) is 16.2 Å². The Labute approximate surface area is 124 Å². The van der Waals surface area contributed by atoms with Crippen LogP contribution >= 0.6 is 15.9 Å². The number of nitrogens with zero attached hydrogens (tertiary/aromatic N) is 2. The molecule has 3 nitrogen and oxygen atoms in total. The lowest BCUT2D eigenvalue weighted by Gasteiger charge is -2.10. The SMILES string of the molecule is CCCc1nc(Br)cc(NCCCC2CCCC2)n1. The van der Waals surface area contributed by atoms with Crippen LogP contribution in [0.25, 0.3) is 0 Å². The second-order valence-corrected chi connectivity index (χ2v) is 6.27. The van der Waals surface area contributed by atoms with E-state index < -0.39 is 0 Å². The molecule has 0 saturated heterocycles. The molecule has 0 bridgehead atoms. The number of nitrogens with one attached hydrogen (secondary N) is 1. The van der Waals surface area contributed by atoms with Crippen LogP contribution in [0.3, 0.4) is 0 Å². The topological polar surface area (TPSA) is 37.8 Å². The standard InChI is InChI=1S/C15H24BrN3/c1-2-6-14-18-13(16)11-15(19-14)17-10-5-9-12-7-3-4-8-12/h11-12H,2-10H2,1H3,(H,17,18,19). The molecule has 2 rings (SSSR count). The number of halogens is 1. The van der Waals surface area contributed by atoms with E-state index in [1.165, 1.54) is 38.5 Å². The van der Waals surface area contributed by atoms with Crippen molar-refractivity contribution in [3.8, 4) is 0 Å². The van der Waals surface area contributed by atoms with Gasteiger partial charge in [-0.15, -0.1) is 0 Å². The van der Waals surface area contributed by atoms with Gasteiger partial charge >= 0.3 is 0 Å². The fourth-order valence-corrected chi connectivity index (χ4v) is 3.22. The molecule has 1 aliphatic carbocycles. The Morgan fingerprint density at radius 1 is 1.32 bits per heavy atom. The molecule has 0 atom stereocenters. The molecule has 0 radical (unpaired) electrons. The van der Waals surface area contributed by atoms with E-state index in [4.69, 9.17) is 0 Å². The summed E-state index contributed by atoms with van der Waals surface area (Å²) in [5.74, 6) is 2.86. The van der Waals surface area contributed by atoms with Crippen LogP contribution in [0.4, 0.5) is 5.82 Å². The Bertz CT molecular complexity index is 389. The molecule has 1 saturated carbocycles. The first-order chi connectivity index (χ1) is 9.28. The summed E-state index contributed by atoms with van der Waals surface area (Å²) < 4.78 is 0.879. The highest BCUT2D eigenvalue weighted by Crippen LogP contribution is 2.28. The van der Waals surface area contributed by atoms with E-state index in [0.29, 0.717) is 0 Å². The number of anilines is 1. The first-order valence-electron chi connectivity index (χ1n) is 7.55. The van der Waals surface area contributed by atoms with Crippen LogP contribution in [0.5, 0.6) is 0 Å². The van der Waals surface area contributed by atoms with Crippen molar-refractivity contribution in [2.24, 2.45) is 5.92 Å². The number of aryl methyl sites for hydroxylation is 1. The first kappa shape index (κ1) is 14.8. The summed E-state index contributed by atoms with van der Waals surface area (Å²) in [6.07, 6.45) is 10.4. The predicted octanol–water partition coefficient (Wildman–Crippen LogP) is 4.57. The maximum absolute atomic E-state index is 4.54. The zero-order chi connectivity index (χ0) is 13.5. The van der Waals surface area contributed by atoms with Crippen molar-refractivity contribution in [3.05, 3.63) is 16.5 Å². The van der Waals surface area contributed by atoms with Crippen LogP contribution < -0.4 is 5.32 Å². The van der Waals surface area contributed by atoms with Gasteiger partial charge < -0.3 is 5.32 Å². The third-order valence-electron chi connectivity index (χ3n) is 3.78. The predicted molar refractivity (Wildman–Crippen MR) is 83.4 cm³/mol. The van der Waals surface area contributed by atoms with Crippen molar-refractivity contribution in [1.82, 2.24) is 9.97 Å². The second-order valence-electron chi connectivity index (χ2n) is 5.46. The lowest BCUT2D eigenvalue weighted by atomic mass is 10.0. The van der Waals surface area contributed by atoms with Crippen molar-refractivity contribution in [3.63, 3.8) is 0 Å². The summed E-state index contributed by atoms with van der Waals surface area (Å²) in [6, 6.07) is 1.97. The zero-order valence-electron chi connectivity index (χ0n) is 11.8. The van der Waals surface area contributed by atoms with Crippen LogP contribution in [0.2, 0.25) is 0 Å². The quantitative estimate of drug-likeness (QED) is 0.589. The highest BCUT2D eigenvalue weighted by atomic mass is 79.9. The van der Waals surface area contributed by atoms with E-state index in [-0.39, 0.29) is 0 Å². The molecular weight excluding hydrogens is 302 g/mol. The van der Waals surface area contributed by atoms with Gasteiger partial charge in [-0.3, -0.25) is 0 Å². The van der Waals surface area contributed by atoms with E-state index in [1.54, 1.807) is 0 Å². The Morgan fingerprint density at radius 3 is 2.84 bits per heavy atom. The van der Waals surface area contributed by atoms with Gasteiger partial charge in [0.15, 0.2) is 0 Å². The van der Waals surface area contributed by atoms with Crippen molar-refractivity contribution in [2.75, 3.05) is 11.9 Å². The van der Waals surface area contributed by atoms with Gasteiger partial charge in [0.25, 0.3) is 0 Å². The number of aromatic nitrogens is 2. The molecule has 1 aliphatic rings. The third-order valence-corrected chi connectivity index (χ3v) is 4.19. The Kier molecular flexibility index (Phi) is 6.08. The molecule has 0 aliphatic heterocycles. The summed E-state index contributed by atoms with van der Waals surface area (Å²) in [5, 5.41) is 3.43. The molecule has 4 heteroatoms. The Balaban J connectivity index is 1.75. The maximum atomic E-state index is 4.54. The normalized spacial score (nSPS) is 15.9. The highest BCUT2D eigenvalue weighted by Gasteiger charge is 2.13. The van der Waals surface area contributed by atoms with E-state index in [9.17, 15) is 0 Å². The van der Waals surface area contributed by atoms with E-state index in [2.05, 4.69) is 38.1 Å². The molecule has 106 valence electrons. The van der Waals surface area contributed by atoms with Crippen molar-refractivity contribution < 1.29 is 0 Å². The summed E-state index contributed by atoms with van der Waals surface area (Å²) in [4.78, 5) is 8.92. The van der Waals surface area contributed by atoms with E-state index >= 15 is 0 Å². The molecule has 1 aromatic rings. The number of hydrogen-bond acceptors (Lipinski definition) is 3. The Morgan fingerprint density at radius 2 is 2.11 bits per heavy atom. The molecule has 0 unspecified atom stereocenters. The van der Waals surface area contributed by atoms with Crippen molar-refractivity contribution >= 4 is 21.7 Å². The van der Waals surface area contributed by atoms with E-state index in [1.807, 2.05) is 6.07 Å². The van der Waals surface area contributed by atoms with Crippen LogP contribution in [0.15, 0.2) is 10.7 Å². The first-order valence-corrected chi connectivity index (χ1v) is 8.34. The van der Waals surface area contributed by atoms with Crippen LogP contribution in [0.1, 0.15) is 57.7 Å². The average molecular weight is 326 g/mol. The maximum Gasteiger partial charge on any atom is 0.132 e. The van der Waals surface area contributed by atoms with Gasteiger partial charge in [-0.2, -0.15) is 0 Å². The van der Waals surface area contributed by atoms with Gasteiger partial charge in [0.05, 0.1) is 0 Å². The zero-order valence-corrected chi connectivity index (χ0v) is 13.4. The fraction of sp³-hybridized carbons (Fsp3) is 0.733. The lowest BCUT2D eigenvalue weighted by Crippen LogP contribution is -2.07. The molecule has 1 aromatic heterocycles. The van der Waals surface area contributed by atoms with Crippen LogP contribution in [-0.4, -0.2) is 16.5 Å². The largest absolute Gasteiger partial charge is 0.370 e. The molecule has 0 amide bonds. The van der Waals surface area contributed by atoms with Crippen molar-refractivity contribution in [2.45, 2.75) is 58.3 Å². The van der Waals surface area contributed by atoms with Crippen LogP contribution in [-0.2, 0) is 6.42 Å². The van der Waals surface area contributed by atoms with Gasteiger partial charge in [0.2, 0.25) is 0 Å². The van der Waals surface area contributed by atoms with Gasteiger partial charge in [0, 0.05) is 19.0 Å². The molecule has 1 fully saturated rings. The molecule has 1 N–H and O–H groups in total. The van der Waals surface area contributed by atoms with Gasteiger partial charge in [-0.25, -0.2) is 9.97 Å². The van der Waals surface area contributed by atoms with Gasteiger partial charge in [-0.1, -0.05) is 32.6 Å². The monoisotopic (exact) mass is 325 g/mol. The number of hydrogen-bond donors (Lipinski definition) is 1. The third kappa shape index (κ3) is 5.09. The molecule has 0 spiro atoms. The highest BCUT2D eigenvalue weighted by molar-refractivity contribution is 9.10. The molecular formula is C15H24BrN3. The molecule has 0 aromatic carbocycles. The lowest BCUT2D eigenvalue weighted by molar-refractivity contribution is 0.491. The summed E-state index contributed by atoms with van der Waals surface area (Å²) >= 11 is 3.45. The smallest absolute Gasteiger partial charge is 0.132 e. The Hall–Kier alpha value is -0.640. The van der Waals surface area contributed by atoms with Gasteiger partial charge in [-0.05, 0) is 41.1 Å². The summed E-state index contributed by atoms with van der Waals surface area (Å²) in [5.41, 5.74) is 0. The second kappa shape index (κ2) is 7.83. The number of rotatable bonds is 7. The molecule has 19 heavy (non-hydrogen) atoms. The average Bonchev–Trinajstić information content (AvgIpc) is 2.87. The molecule has 1 heterocycles. The van der Waals surface area contributed by atoms with Crippen molar-refractivity contribution in [1.29, 1.82) is 0 Å². The minimum atomic E-state index is 0.879. The minimum Gasteiger partial charge on any atom is -0.370 e. The minimum absolute atomic E-state index is 0.879. The van der Waals surface area contributed by atoms with Crippen LogP contribution in [0, 0.1) is 5.92 Å². The van der Waals surface area contributed by atoms with E-state index in [0.717, 1.165) is 41.5 Å².